The molecule has 0 N–H and O–H groups in total. The van der Waals surface area contributed by atoms with Gasteiger partial charge >= 0.3 is 6.61 Å². The third-order valence-corrected chi connectivity index (χ3v) is 2.43. The zero-order chi connectivity index (χ0) is 12.4. The summed E-state index contributed by atoms with van der Waals surface area (Å²) in [5.74, 6) is 0.357. The van der Waals surface area contributed by atoms with Crippen LogP contribution in [-0.2, 0) is 0 Å². The highest BCUT2D eigenvalue weighted by atomic mass is 35.5. The molecule has 0 aliphatic carbocycles. The van der Waals surface area contributed by atoms with E-state index in [2.05, 4.69) is 9.82 Å². The number of aryl methyl sites for hydroxylation is 1. The Morgan fingerprint density at radius 2 is 1.94 bits per heavy atom. The summed E-state index contributed by atoms with van der Waals surface area (Å²) < 4.78 is 25.1. The van der Waals surface area contributed by atoms with Crippen LogP contribution in [0, 0.1) is 6.92 Å². The second-order valence-electron chi connectivity index (χ2n) is 3.37. The zero-order valence-electron chi connectivity index (χ0n) is 8.90. The topological polar surface area (TPSA) is 27.1 Å². The van der Waals surface area contributed by atoms with Crippen LogP contribution in [0.3, 0.4) is 0 Å². The van der Waals surface area contributed by atoms with Crippen LogP contribution < -0.4 is 4.84 Å². The molecule has 0 radical (unpaired) electrons. The Morgan fingerprint density at radius 3 is 2.53 bits per heavy atom. The normalized spacial score (nSPS) is 10.9. The van der Waals surface area contributed by atoms with Gasteiger partial charge in [-0.15, -0.1) is 0 Å². The third kappa shape index (κ3) is 2.74. The van der Waals surface area contributed by atoms with Gasteiger partial charge in [0.2, 0.25) is 0 Å². The van der Waals surface area contributed by atoms with Crippen molar-refractivity contribution in [2.45, 2.75) is 13.5 Å². The van der Waals surface area contributed by atoms with Gasteiger partial charge in [0.05, 0.1) is 11.9 Å². The molecular weight excluding hydrogens is 250 g/mol. The van der Waals surface area contributed by atoms with Crippen molar-refractivity contribution in [3.63, 3.8) is 0 Å². The van der Waals surface area contributed by atoms with Crippen LogP contribution in [-0.4, -0.2) is 16.3 Å². The summed E-state index contributed by atoms with van der Waals surface area (Å²) in [5, 5.41) is 0.605. The van der Waals surface area contributed by atoms with Gasteiger partial charge in [0.1, 0.15) is 5.82 Å². The van der Waals surface area contributed by atoms with E-state index in [0.717, 1.165) is 10.3 Å². The lowest BCUT2D eigenvalue weighted by atomic mass is 10.2. The third-order valence-electron chi connectivity index (χ3n) is 2.17. The van der Waals surface area contributed by atoms with Gasteiger partial charge in [0.15, 0.2) is 0 Å². The van der Waals surface area contributed by atoms with Crippen LogP contribution in [0.5, 0.6) is 0 Å². The van der Waals surface area contributed by atoms with Crippen molar-refractivity contribution in [3.8, 4) is 11.3 Å². The summed E-state index contributed by atoms with van der Waals surface area (Å²) in [6.45, 7) is -1.29. The molecule has 0 aliphatic rings. The van der Waals surface area contributed by atoms with Crippen molar-refractivity contribution in [2.75, 3.05) is 0 Å². The van der Waals surface area contributed by atoms with Crippen molar-refractivity contribution >= 4 is 11.6 Å². The summed E-state index contributed by atoms with van der Waals surface area (Å²) in [6.07, 6.45) is 1.41. The van der Waals surface area contributed by atoms with Crippen LogP contribution in [0.25, 0.3) is 11.3 Å². The van der Waals surface area contributed by atoms with Crippen molar-refractivity contribution in [3.05, 3.63) is 41.3 Å². The maximum Gasteiger partial charge on any atom is 0.405 e. The van der Waals surface area contributed by atoms with Gasteiger partial charge in [-0.25, -0.2) is 4.98 Å². The summed E-state index contributed by atoms with van der Waals surface area (Å²) in [7, 11) is 0. The van der Waals surface area contributed by atoms with E-state index in [9.17, 15) is 8.78 Å². The second kappa shape index (κ2) is 4.71. The van der Waals surface area contributed by atoms with Crippen molar-refractivity contribution < 1.29 is 13.6 Å². The molecule has 1 aromatic heterocycles. The minimum Gasteiger partial charge on any atom is -0.343 e. The van der Waals surface area contributed by atoms with Crippen molar-refractivity contribution in [2.24, 2.45) is 0 Å². The molecule has 0 saturated heterocycles. The smallest absolute Gasteiger partial charge is 0.343 e. The fourth-order valence-corrected chi connectivity index (χ4v) is 1.54. The minimum atomic E-state index is -2.87. The highest BCUT2D eigenvalue weighted by Crippen LogP contribution is 2.20. The SMILES string of the molecule is Cc1nc(-c2ccc(Cl)cc2)cn1OC(F)F. The molecule has 1 aromatic carbocycles. The fraction of sp³-hybridized carbons (Fsp3) is 0.182. The first kappa shape index (κ1) is 11.9. The average Bonchev–Trinajstić information content (AvgIpc) is 2.60. The molecule has 2 aromatic rings. The number of imidazole rings is 1. The maximum atomic E-state index is 12.1. The molecule has 0 fully saturated rings. The van der Waals surface area contributed by atoms with E-state index < -0.39 is 6.61 Å². The van der Waals surface area contributed by atoms with E-state index in [1.807, 2.05) is 0 Å². The largest absolute Gasteiger partial charge is 0.405 e. The molecule has 3 nitrogen and oxygen atoms in total. The molecule has 0 atom stereocenters. The fourth-order valence-electron chi connectivity index (χ4n) is 1.41. The number of hydrogen-bond donors (Lipinski definition) is 0. The molecule has 0 amide bonds. The lowest BCUT2D eigenvalue weighted by Crippen LogP contribution is -2.17. The van der Waals surface area contributed by atoms with E-state index in [-0.39, 0.29) is 0 Å². The van der Waals surface area contributed by atoms with Crippen molar-refractivity contribution in [1.29, 1.82) is 0 Å². The van der Waals surface area contributed by atoms with Crippen LogP contribution in [0.4, 0.5) is 8.78 Å². The number of rotatable bonds is 3. The molecule has 0 spiro atoms. The van der Waals surface area contributed by atoms with Crippen LogP contribution in [0.2, 0.25) is 5.02 Å². The maximum absolute atomic E-state index is 12.1. The summed E-state index contributed by atoms with van der Waals surface area (Å²) in [6, 6.07) is 6.94. The highest BCUT2D eigenvalue weighted by Gasteiger charge is 2.10. The monoisotopic (exact) mass is 258 g/mol. The Kier molecular flexibility index (Phi) is 3.28. The van der Waals surface area contributed by atoms with E-state index in [4.69, 9.17) is 11.6 Å². The van der Waals surface area contributed by atoms with E-state index >= 15 is 0 Å². The van der Waals surface area contributed by atoms with Crippen LogP contribution >= 0.6 is 11.6 Å². The number of alkyl halides is 2. The van der Waals surface area contributed by atoms with Gasteiger partial charge in [0, 0.05) is 10.6 Å². The number of halogens is 3. The molecule has 0 aliphatic heterocycles. The van der Waals surface area contributed by atoms with Gasteiger partial charge < -0.3 is 4.84 Å². The first-order chi connectivity index (χ1) is 8.06. The summed E-state index contributed by atoms with van der Waals surface area (Å²) in [5.41, 5.74) is 1.34. The molecule has 6 heteroatoms. The Hall–Kier alpha value is -1.62. The lowest BCUT2D eigenvalue weighted by Gasteiger charge is -2.04. The predicted octanol–water partition coefficient (Wildman–Crippen LogP) is 3.16. The Balaban J connectivity index is 2.31. The van der Waals surface area contributed by atoms with E-state index in [1.54, 1.807) is 31.2 Å². The number of nitrogens with zero attached hydrogens (tertiary/aromatic N) is 2. The highest BCUT2D eigenvalue weighted by molar-refractivity contribution is 6.30. The van der Waals surface area contributed by atoms with E-state index in [0.29, 0.717) is 16.5 Å². The number of benzene rings is 1. The summed E-state index contributed by atoms with van der Waals surface area (Å²) >= 11 is 5.75. The van der Waals surface area contributed by atoms with Crippen LogP contribution in [0.1, 0.15) is 5.82 Å². The van der Waals surface area contributed by atoms with Gasteiger partial charge in [-0.1, -0.05) is 23.7 Å². The first-order valence-electron chi connectivity index (χ1n) is 4.83. The average molecular weight is 259 g/mol. The Morgan fingerprint density at radius 1 is 1.29 bits per heavy atom. The minimum absolute atomic E-state index is 0.357. The Labute approximate surface area is 102 Å². The van der Waals surface area contributed by atoms with Gasteiger partial charge in [-0.05, 0) is 19.1 Å². The standard InChI is InChI=1S/C11H9ClF2N2O/c1-7-15-10(6-16(7)17-11(13)14)8-2-4-9(12)5-3-8/h2-6,11H,1H3. The lowest BCUT2D eigenvalue weighted by molar-refractivity contribution is -0.134. The number of hydrogen-bond acceptors (Lipinski definition) is 2. The molecule has 17 heavy (non-hydrogen) atoms. The molecular formula is C11H9ClF2N2O. The Bertz CT molecular complexity index is 511. The van der Waals surface area contributed by atoms with Crippen LogP contribution in [0.15, 0.2) is 30.5 Å². The van der Waals surface area contributed by atoms with E-state index in [1.165, 1.54) is 6.20 Å². The second-order valence-corrected chi connectivity index (χ2v) is 3.81. The summed E-state index contributed by atoms with van der Waals surface area (Å²) in [4.78, 5) is 8.39. The van der Waals surface area contributed by atoms with Gasteiger partial charge in [0.25, 0.3) is 0 Å². The molecule has 1 heterocycles. The van der Waals surface area contributed by atoms with Gasteiger partial charge in [-0.3, -0.25) is 0 Å². The molecule has 0 unspecified atom stereocenters. The molecule has 90 valence electrons. The zero-order valence-corrected chi connectivity index (χ0v) is 9.66. The quantitative estimate of drug-likeness (QED) is 0.846. The number of aromatic nitrogens is 2. The predicted molar refractivity (Wildman–Crippen MR) is 60.0 cm³/mol. The van der Waals surface area contributed by atoms with Crippen molar-refractivity contribution in [1.82, 2.24) is 9.71 Å². The molecule has 0 saturated carbocycles. The first-order valence-corrected chi connectivity index (χ1v) is 5.21. The molecule has 0 bridgehead atoms. The van der Waals surface area contributed by atoms with Gasteiger partial charge in [-0.2, -0.15) is 13.5 Å². The molecule has 2 rings (SSSR count).